The number of methoxy groups -OCH3 is 1. The summed E-state index contributed by atoms with van der Waals surface area (Å²) < 4.78 is 11.4. The lowest BCUT2D eigenvalue weighted by atomic mass is 9.81. The number of ether oxygens (including phenoxy) is 2. The first kappa shape index (κ1) is 21.0. The van der Waals surface area contributed by atoms with Crippen LogP contribution in [-0.2, 0) is 14.3 Å². The Morgan fingerprint density at radius 3 is 2.48 bits per heavy atom. The fraction of sp³-hybridized carbons (Fsp3) is 0.952. The number of rotatable bonds is 6. The molecule has 6 heteroatoms. The topological polar surface area (TPSA) is 45.2 Å². The number of hydrogen-bond donors (Lipinski definition) is 0. The van der Waals surface area contributed by atoms with Crippen molar-refractivity contribution in [2.45, 2.75) is 57.6 Å². The molecule has 0 aromatic carbocycles. The zero-order valence-corrected chi connectivity index (χ0v) is 17.6. The quantitative estimate of drug-likeness (QED) is 0.702. The Balaban J connectivity index is 1.47. The second-order valence-electron chi connectivity index (χ2n) is 9.03. The smallest absolute Gasteiger partial charge is 0.224 e. The zero-order valence-electron chi connectivity index (χ0n) is 17.6. The number of nitrogens with zero attached hydrogens (tertiary/aromatic N) is 3. The van der Waals surface area contributed by atoms with Gasteiger partial charge in [-0.2, -0.15) is 0 Å². The van der Waals surface area contributed by atoms with Crippen molar-refractivity contribution in [3.63, 3.8) is 0 Å². The van der Waals surface area contributed by atoms with E-state index >= 15 is 0 Å². The predicted octanol–water partition coefficient (Wildman–Crippen LogP) is 1.84. The molecule has 0 unspecified atom stereocenters. The number of piperazine rings is 1. The summed E-state index contributed by atoms with van der Waals surface area (Å²) in [6.07, 6.45) is 4.75. The molecule has 0 radical (unpaired) electrons. The largest absolute Gasteiger partial charge is 0.384 e. The molecule has 1 amide bonds. The van der Waals surface area contributed by atoms with Crippen LogP contribution in [0.1, 0.15) is 46.0 Å². The Morgan fingerprint density at radius 1 is 1.15 bits per heavy atom. The van der Waals surface area contributed by atoms with Crippen molar-refractivity contribution in [3.05, 3.63) is 0 Å². The molecule has 0 saturated carbocycles. The maximum atomic E-state index is 12.2. The standard InChI is InChI=1S/C21H39N3O3/c1-18(2)17-22-10-12-23(13-11-22)19-4-15-27-21(16-19)6-8-24(9-7-21)20(25)5-14-26-3/h18-19H,4-17H2,1-3H3/t19-/m1/s1. The Hall–Kier alpha value is -0.690. The highest BCUT2D eigenvalue weighted by Crippen LogP contribution is 2.37. The molecule has 3 aliphatic heterocycles. The third kappa shape index (κ3) is 5.66. The number of carbonyl (C=O) groups excluding carboxylic acids is 1. The van der Waals surface area contributed by atoms with Crippen LogP contribution < -0.4 is 0 Å². The zero-order chi connectivity index (χ0) is 19.3. The minimum Gasteiger partial charge on any atom is -0.384 e. The molecule has 6 nitrogen and oxygen atoms in total. The van der Waals surface area contributed by atoms with E-state index in [9.17, 15) is 4.79 Å². The molecule has 0 aromatic rings. The average molecular weight is 382 g/mol. The first-order valence-corrected chi connectivity index (χ1v) is 10.9. The van der Waals surface area contributed by atoms with Crippen LogP contribution in [0.5, 0.6) is 0 Å². The Kier molecular flexibility index (Phi) is 7.54. The molecule has 3 saturated heterocycles. The molecule has 3 fully saturated rings. The van der Waals surface area contributed by atoms with Crippen LogP contribution in [0.4, 0.5) is 0 Å². The van der Waals surface area contributed by atoms with Crippen molar-refractivity contribution in [2.24, 2.45) is 5.92 Å². The van der Waals surface area contributed by atoms with Crippen LogP contribution in [0.25, 0.3) is 0 Å². The van der Waals surface area contributed by atoms with Gasteiger partial charge in [-0.1, -0.05) is 13.8 Å². The number of hydrogen-bond acceptors (Lipinski definition) is 5. The average Bonchev–Trinajstić information content (AvgIpc) is 2.67. The normalized spacial score (nSPS) is 27.4. The van der Waals surface area contributed by atoms with Gasteiger partial charge < -0.3 is 19.3 Å². The van der Waals surface area contributed by atoms with Gasteiger partial charge in [0.15, 0.2) is 0 Å². The molecule has 1 atom stereocenters. The third-order valence-electron chi connectivity index (χ3n) is 6.56. The molecule has 1 spiro atoms. The van der Waals surface area contributed by atoms with E-state index in [-0.39, 0.29) is 11.5 Å². The van der Waals surface area contributed by atoms with Gasteiger partial charge in [0, 0.05) is 65.6 Å². The number of piperidine rings is 1. The second-order valence-corrected chi connectivity index (χ2v) is 9.03. The van der Waals surface area contributed by atoms with Gasteiger partial charge in [0.1, 0.15) is 0 Å². The molecular weight excluding hydrogens is 342 g/mol. The SMILES string of the molecule is COCCC(=O)N1CCC2(CC1)C[C@H](N1CCN(CC(C)C)CC1)CCO2. The van der Waals surface area contributed by atoms with Gasteiger partial charge in [-0.25, -0.2) is 0 Å². The maximum Gasteiger partial charge on any atom is 0.224 e. The molecule has 156 valence electrons. The Bertz CT molecular complexity index is 469. The van der Waals surface area contributed by atoms with Crippen LogP contribution in [0.2, 0.25) is 0 Å². The van der Waals surface area contributed by atoms with E-state index in [0.29, 0.717) is 19.1 Å². The summed E-state index contributed by atoms with van der Waals surface area (Å²) in [6, 6.07) is 0.649. The van der Waals surface area contributed by atoms with Crippen molar-refractivity contribution in [2.75, 3.05) is 66.1 Å². The summed E-state index contributed by atoms with van der Waals surface area (Å²) in [6.45, 7) is 13.7. The minimum absolute atomic E-state index is 0.00395. The van der Waals surface area contributed by atoms with E-state index in [4.69, 9.17) is 9.47 Å². The van der Waals surface area contributed by atoms with Gasteiger partial charge in [0.25, 0.3) is 0 Å². The fourth-order valence-electron chi connectivity index (χ4n) is 5.00. The Labute approximate surface area is 165 Å². The number of likely N-dealkylation sites (tertiary alicyclic amines) is 1. The molecule has 0 bridgehead atoms. The molecule has 0 aliphatic carbocycles. The van der Waals surface area contributed by atoms with E-state index in [0.717, 1.165) is 51.3 Å². The van der Waals surface area contributed by atoms with E-state index < -0.39 is 0 Å². The second kappa shape index (κ2) is 9.68. The first-order valence-electron chi connectivity index (χ1n) is 10.9. The van der Waals surface area contributed by atoms with Gasteiger partial charge in [0.05, 0.1) is 18.6 Å². The van der Waals surface area contributed by atoms with Crippen LogP contribution in [0.3, 0.4) is 0 Å². The molecule has 0 aromatic heterocycles. The molecule has 27 heavy (non-hydrogen) atoms. The Morgan fingerprint density at radius 2 is 1.85 bits per heavy atom. The predicted molar refractivity (Wildman–Crippen MR) is 107 cm³/mol. The maximum absolute atomic E-state index is 12.2. The lowest BCUT2D eigenvalue weighted by Crippen LogP contribution is -2.57. The summed E-state index contributed by atoms with van der Waals surface area (Å²) in [5.41, 5.74) is -0.00395. The van der Waals surface area contributed by atoms with Crippen LogP contribution in [-0.4, -0.2) is 98.4 Å². The van der Waals surface area contributed by atoms with Gasteiger partial charge in [-0.15, -0.1) is 0 Å². The fourth-order valence-corrected chi connectivity index (χ4v) is 5.00. The monoisotopic (exact) mass is 381 g/mol. The van der Waals surface area contributed by atoms with E-state index in [2.05, 4.69) is 23.6 Å². The summed E-state index contributed by atoms with van der Waals surface area (Å²) >= 11 is 0. The van der Waals surface area contributed by atoms with Gasteiger partial charge >= 0.3 is 0 Å². The third-order valence-corrected chi connectivity index (χ3v) is 6.56. The molecule has 3 heterocycles. The van der Waals surface area contributed by atoms with E-state index in [1.165, 1.54) is 32.7 Å². The summed E-state index contributed by atoms with van der Waals surface area (Å²) in [5, 5.41) is 0. The number of carbonyl (C=O) groups is 1. The summed E-state index contributed by atoms with van der Waals surface area (Å²) in [7, 11) is 1.65. The summed E-state index contributed by atoms with van der Waals surface area (Å²) in [4.78, 5) is 19.6. The molecular formula is C21H39N3O3. The van der Waals surface area contributed by atoms with Crippen LogP contribution in [0.15, 0.2) is 0 Å². The lowest BCUT2D eigenvalue weighted by Gasteiger charge is -2.49. The molecule has 3 rings (SSSR count). The van der Waals surface area contributed by atoms with Crippen molar-refractivity contribution in [1.82, 2.24) is 14.7 Å². The van der Waals surface area contributed by atoms with Gasteiger partial charge in [-0.3, -0.25) is 9.69 Å². The minimum atomic E-state index is -0.00395. The van der Waals surface area contributed by atoms with Crippen LogP contribution >= 0.6 is 0 Å². The van der Waals surface area contributed by atoms with Gasteiger partial charge in [0.2, 0.25) is 5.91 Å². The molecule has 0 N–H and O–H groups in total. The van der Waals surface area contributed by atoms with Crippen molar-refractivity contribution < 1.29 is 14.3 Å². The van der Waals surface area contributed by atoms with Crippen molar-refractivity contribution in [1.29, 1.82) is 0 Å². The van der Waals surface area contributed by atoms with Crippen molar-refractivity contribution in [3.8, 4) is 0 Å². The van der Waals surface area contributed by atoms with Crippen molar-refractivity contribution >= 4 is 5.91 Å². The van der Waals surface area contributed by atoms with Crippen LogP contribution in [0, 0.1) is 5.92 Å². The van der Waals surface area contributed by atoms with E-state index in [1.54, 1.807) is 7.11 Å². The van der Waals surface area contributed by atoms with Gasteiger partial charge in [-0.05, 0) is 31.6 Å². The summed E-state index contributed by atoms with van der Waals surface area (Å²) in [5.74, 6) is 0.972. The first-order chi connectivity index (χ1) is 13.0. The number of amides is 1. The molecule has 3 aliphatic rings. The highest BCUT2D eigenvalue weighted by molar-refractivity contribution is 5.76. The lowest BCUT2D eigenvalue weighted by molar-refractivity contribution is -0.150. The van der Waals surface area contributed by atoms with E-state index in [1.807, 2.05) is 4.90 Å². The highest BCUT2D eigenvalue weighted by atomic mass is 16.5. The highest BCUT2D eigenvalue weighted by Gasteiger charge is 2.42.